The van der Waals surface area contributed by atoms with Crippen molar-refractivity contribution in [1.82, 2.24) is 0 Å². The standard InChI is InChI=1S/C18H12FNO5/c19-13-5-3-12(4-6-13)17-20-15(18(23)25-17)9-11-1-7-14(8-2-11)24-10-16(21)22/h1-9H,10H2,(H,21,22)/p-1/b15-9-. The van der Waals surface area contributed by atoms with E-state index < -0.39 is 24.4 Å². The van der Waals surface area contributed by atoms with Gasteiger partial charge in [-0.2, -0.15) is 0 Å². The quantitative estimate of drug-likeness (QED) is 0.605. The van der Waals surface area contributed by atoms with Gasteiger partial charge in [-0.3, -0.25) is 0 Å². The Kier molecular flexibility index (Phi) is 4.56. The Labute approximate surface area is 141 Å². The SMILES string of the molecule is O=C([O-])COc1ccc(/C=C2\N=C(c3ccc(F)cc3)OC2=O)cc1. The molecule has 0 bridgehead atoms. The van der Waals surface area contributed by atoms with Crippen LogP contribution in [-0.4, -0.2) is 24.4 Å². The van der Waals surface area contributed by atoms with Crippen LogP contribution in [0.3, 0.4) is 0 Å². The first kappa shape index (κ1) is 16.4. The fraction of sp³-hybridized carbons (Fsp3) is 0.0556. The normalized spacial score (nSPS) is 15.0. The van der Waals surface area contributed by atoms with Gasteiger partial charge in [0.2, 0.25) is 5.90 Å². The predicted octanol–water partition coefficient (Wildman–Crippen LogP) is 1.30. The van der Waals surface area contributed by atoms with Crippen LogP contribution in [-0.2, 0) is 14.3 Å². The van der Waals surface area contributed by atoms with Crippen LogP contribution in [0.15, 0.2) is 59.2 Å². The first-order valence-corrected chi connectivity index (χ1v) is 7.22. The first-order chi connectivity index (χ1) is 12.0. The topological polar surface area (TPSA) is 88.0 Å². The number of carbonyl (C=O) groups is 2. The summed E-state index contributed by atoms with van der Waals surface area (Å²) in [5.41, 5.74) is 1.24. The Hall–Kier alpha value is -3.48. The average Bonchev–Trinajstić information content (AvgIpc) is 2.95. The maximum atomic E-state index is 12.9. The van der Waals surface area contributed by atoms with Gasteiger partial charge in [0.1, 0.15) is 18.2 Å². The molecule has 0 fully saturated rings. The molecule has 126 valence electrons. The summed E-state index contributed by atoms with van der Waals surface area (Å²) in [5, 5.41) is 10.3. The number of aliphatic carboxylic acids is 1. The predicted molar refractivity (Wildman–Crippen MR) is 84.0 cm³/mol. The van der Waals surface area contributed by atoms with Crippen molar-refractivity contribution in [3.05, 3.63) is 71.2 Å². The molecule has 0 atom stereocenters. The number of esters is 1. The molecule has 0 aliphatic carbocycles. The van der Waals surface area contributed by atoms with E-state index in [1.54, 1.807) is 24.3 Å². The summed E-state index contributed by atoms with van der Waals surface area (Å²) in [6, 6.07) is 11.8. The van der Waals surface area contributed by atoms with Crippen molar-refractivity contribution in [1.29, 1.82) is 0 Å². The zero-order valence-corrected chi connectivity index (χ0v) is 12.8. The monoisotopic (exact) mass is 340 g/mol. The van der Waals surface area contributed by atoms with E-state index >= 15 is 0 Å². The minimum absolute atomic E-state index is 0.0997. The van der Waals surface area contributed by atoms with Gasteiger partial charge in [-0.15, -0.1) is 0 Å². The molecule has 1 aliphatic rings. The second-order valence-corrected chi connectivity index (χ2v) is 5.07. The minimum Gasteiger partial charge on any atom is -0.546 e. The van der Waals surface area contributed by atoms with Crippen LogP contribution in [0.2, 0.25) is 0 Å². The number of benzene rings is 2. The largest absolute Gasteiger partial charge is 0.546 e. The van der Waals surface area contributed by atoms with Crippen LogP contribution >= 0.6 is 0 Å². The lowest BCUT2D eigenvalue weighted by Crippen LogP contribution is -2.28. The number of carbonyl (C=O) groups excluding carboxylic acids is 2. The molecule has 0 unspecified atom stereocenters. The molecule has 0 radical (unpaired) electrons. The van der Waals surface area contributed by atoms with Crippen LogP contribution in [0.25, 0.3) is 6.08 Å². The summed E-state index contributed by atoms with van der Waals surface area (Å²) in [6.45, 7) is -0.544. The summed E-state index contributed by atoms with van der Waals surface area (Å²) in [6.07, 6.45) is 1.52. The highest BCUT2D eigenvalue weighted by Crippen LogP contribution is 2.20. The van der Waals surface area contributed by atoms with Gasteiger partial charge in [-0.05, 0) is 48.0 Å². The molecule has 0 N–H and O–H groups in total. The highest BCUT2D eigenvalue weighted by Gasteiger charge is 2.24. The number of halogens is 1. The zero-order chi connectivity index (χ0) is 17.8. The van der Waals surface area contributed by atoms with Crippen molar-refractivity contribution in [3.8, 4) is 5.75 Å². The van der Waals surface area contributed by atoms with Gasteiger partial charge in [-0.25, -0.2) is 14.2 Å². The lowest BCUT2D eigenvalue weighted by molar-refractivity contribution is -0.307. The molecule has 6 nitrogen and oxygen atoms in total. The molecule has 1 aliphatic heterocycles. The van der Waals surface area contributed by atoms with Gasteiger partial charge in [-0.1, -0.05) is 12.1 Å². The van der Waals surface area contributed by atoms with Crippen LogP contribution in [0, 0.1) is 5.82 Å². The number of aliphatic imine (C=N–C) groups is 1. The van der Waals surface area contributed by atoms with Crippen molar-refractivity contribution >= 4 is 23.9 Å². The number of hydrogen-bond acceptors (Lipinski definition) is 6. The van der Waals surface area contributed by atoms with E-state index in [4.69, 9.17) is 9.47 Å². The van der Waals surface area contributed by atoms with E-state index in [9.17, 15) is 19.1 Å². The smallest absolute Gasteiger partial charge is 0.363 e. The molecule has 0 saturated carbocycles. The molecular weight excluding hydrogens is 329 g/mol. The molecular formula is C18H11FNO5-. The van der Waals surface area contributed by atoms with E-state index in [-0.39, 0.29) is 11.6 Å². The van der Waals surface area contributed by atoms with E-state index in [1.807, 2.05) is 0 Å². The van der Waals surface area contributed by atoms with Gasteiger partial charge in [0.05, 0.1) is 5.97 Å². The summed E-state index contributed by atoms with van der Waals surface area (Å²) >= 11 is 0. The van der Waals surface area contributed by atoms with Gasteiger partial charge in [0.15, 0.2) is 5.70 Å². The first-order valence-electron chi connectivity index (χ1n) is 7.22. The van der Waals surface area contributed by atoms with E-state index in [2.05, 4.69) is 4.99 Å². The lowest BCUT2D eigenvalue weighted by atomic mass is 10.2. The van der Waals surface area contributed by atoms with Crippen molar-refractivity contribution in [2.75, 3.05) is 6.61 Å². The second kappa shape index (κ2) is 6.96. The molecule has 2 aromatic rings. The maximum Gasteiger partial charge on any atom is 0.363 e. The fourth-order valence-corrected chi connectivity index (χ4v) is 2.09. The Balaban J connectivity index is 1.77. The average molecular weight is 340 g/mol. The van der Waals surface area contributed by atoms with Crippen molar-refractivity contribution in [2.24, 2.45) is 4.99 Å². The van der Waals surface area contributed by atoms with Crippen LogP contribution < -0.4 is 9.84 Å². The molecule has 0 amide bonds. The molecule has 7 heteroatoms. The van der Waals surface area contributed by atoms with Crippen molar-refractivity contribution in [2.45, 2.75) is 0 Å². The maximum absolute atomic E-state index is 12.9. The third-order valence-electron chi connectivity index (χ3n) is 3.25. The summed E-state index contributed by atoms with van der Waals surface area (Å²) in [5.74, 6) is -1.87. The highest BCUT2D eigenvalue weighted by molar-refractivity contribution is 6.12. The molecule has 1 heterocycles. The molecule has 0 aromatic heterocycles. The Morgan fingerprint density at radius 2 is 1.84 bits per heavy atom. The summed E-state index contributed by atoms with van der Waals surface area (Å²) in [7, 11) is 0. The molecule has 3 rings (SSSR count). The number of ether oxygens (including phenoxy) is 2. The highest BCUT2D eigenvalue weighted by atomic mass is 19.1. The third kappa shape index (κ3) is 4.08. The number of carboxylic acid groups (broad SMARTS) is 1. The van der Waals surface area contributed by atoms with Gasteiger partial charge in [0.25, 0.3) is 0 Å². The van der Waals surface area contributed by atoms with E-state index in [0.29, 0.717) is 16.9 Å². The van der Waals surface area contributed by atoms with Crippen LogP contribution in [0.1, 0.15) is 11.1 Å². The Morgan fingerprint density at radius 3 is 2.48 bits per heavy atom. The summed E-state index contributed by atoms with van der Waals surface area (Å²) in [4.78, 5) is 26.3. The van der Waals surface area contributed by atoms with E-state index in [0.717, 1.165) is 0 Å². The van der Waals surface area contributed by atoms with E-state index in [1.165, 1.54) is 30.3 Å². The number of rotatable bonds is 5. The van der Waals surface area contributed by atoms with Gasteiger partial charge in [0, 0.05) is 5.56 Å². The van der Waals surface area contributed by atoms with Crippen LogP contribution in [0.5, 0.6) is 5.75 Å². The third-order valence-corrected chi connectivity index (χ3v) is 3.25. The summed E-state index contributed by atoms with van der Waals surface area (Å²) < 4.78 is 23.0. The number of cyclic esters (lactones) is 1. The van der Waals surface area contributed by atoms with Crippen LogP contribution in [0.4, 0.5) is 4.39 Å². The number of carboxylic acids is 1. The minimum atomic E-state index is -1.32. The lowest BCUT2D eigenvalue weighted by Gasteiger charge is -2.06. The molecule has 0 spiro atoms. The van der Waals surface area contributed by atoms with Gasteiger partial charge >= 0.3 is 5.97 Å². The molecule has 25 heavy (non-hydrogen) atoms. The van der Waals surface area contributed by atoms with Crippen molar-refractivity contribution in [3.63, 3.8) is 0 Å². The molecule has 2 aromatic carbocycles. The Bertz CT molecular complexity index is 869. The number of hydrogen-bond donors (Lipinski definition) is 0. The van der Waals surface area contributed by atoms with Gasteiger partial charge < -0.3 is 19.4 Å². The Morgan fingerprint density at radius 1 is 1.16 bits per heavy atom. The van der Waals surface area contributed by atoms with Crippen molar-refractivity contribution < 1.29 is 28.6 Å². The molecule has 0 saturated heterocycles. The zero-order valence-electron chi connectivity index (χ0n) is 12.8. The second-order valence-electron chi connectivity index (χ2n) is 5.07. The fourth-order valence-electron chi connectivity index (χ4n) is 2.09. The number of nitrogens with zero attached hydrogens (tertiary/aromatic N) is 1.